The van der Waals surface area contributed by atoms with Gasteiger partial charge in [0, 0.05) is 163 Å². The quantitative estimate of drug-likeness (QED) is 0.0527. The summed E-state index contributed by atoms with van der Waals surface area (Å²) in [6, 6.07) is 41.3. The summed E-state index contributed by atoms with van der Waals surface area (Å²) in [7, 11) is 0. The molecule has 10 heterocycles. The Balaban J connectivity index is 0.000000167. The summed E-state index contributed by atoms with van der Waals surface area (Å²) in [5.74, 6) is 0. The second kappa shape index (κ2) is 30.7. The van der Waals surface area contributed by atoms with Crippen LogP contribution in [0.1, 0.15) is 47.9 Å². The Labute approximate surface area is 547 Å². The number of anilines is 4. The summed E-state index contributed by atoms with van der Waals surface area (Å²) in [4.78, 5) is 66.4. The van der Waals surface area contributed by atoms with Crippen LogP contribution in [0, 0.1) is 13.8 Å². The van der Waals surface area contributed by atoms with Crippen molar-refractivity contribution in [1.29, 1.82) is 0 Å². The number of rotatable bonds is 15. The lowest BCUT2D eigenvalue weighted by Crippen LogP contribution is -2.47. The molecule has 4 fully saturated rings. The molecular weight excluding hydrogens is 1230 g/mol. The number of carbonyl (C=O) groups excluding carboxylic acids is 1. The monoisotopic (exact) mass is 1300 g/mol. The first-order chi connectivity index (χ1) is 44.6. The van der Waals surface area contributed by atoms with E-state index in [4.69, 9.17) is 28.9 Å². The Bertz CT molecular complexity index is 3910. The lowest BCUT2D eigenvalue weighted by molar-refractivity contribution is -0.107. The van der Waals surface area contributed by atoms with E-state index >= 15 is 0 Å². The summed E-state index contributed by atoms with van der Waals surface area (Å²) < 4.78 is 23.5. The third-order valence-electron chi connectivity index (χ3n) is 16.3. The van der Waals surface area contributed by atoms with Crippen molar-refractivity contribution in [2.24, 2.45) is 0 Å². The van der Waals surface area contributed by atoms with Crippen LogP contribution >= 0.6 is 47.0 Å². The maximum absolute atomic E-state index is 12.7. The second-order valence-corrected chi connectivity index (χ2v) is 27.1. The maximum Gasteiger partial charge on any atom is 0.250 e. The molecule has 0 spiro atoms. The Morgan fingerprint density at radius 3 is 1.56 bits per heavy atom. The first-order valence-corrected chi connectivity index (χ1v) is 34.3. The van der Waals surface area contributed by atoms with E-state index < -0.39 is 0 Å². The fraction of sp³-hybridized carbons (Fsp3) is 0.348. The number of H-pyrrole nitrogens is 2. The van der Waals surface area contributed by atoms with Crippen molar-refractivity contribution in [2.75, 3.05) is 126 Å². The van der Waals surface area contributed by atoms with E-state index in [2.05, 4.69) is 157 Å². The molecule has 6 N–H and O–H groups in total. The van der Waals surface area contributed by atoms with Crippen LogP contribution < -0.4 is 36.9 Å². The molecule has 0 bridgehead atoms. The minimum absolute atomic E-state index is 0.0225. The van der Waals surface area contributed by atoms with Gasteiger partial charge >= 0.3 is 0 Å². The van der Waals surface area contributed by atoms with E-state index in [0.29, 0.717) is 59.2 Å². The van der Waals surface area contributed by atoms with Crippen LogP contribution in [-0.4, -0.2) is 154 Å². The van der Waals surface area contributed by atoms with Crippen molar-refractivity contribution >= 4 is 76.1 Å². The highest BCUT2D eigenvalue weighted by molar-refractivity contribution is 8.05. The Kier molecular flexibility index (Phi) is 21.6. The summed E-state index contributed by atoms with van der Waals surface area (Å²) in [5, 5.41) is 20.5. The number of aryl methyl sites for hydroxylation is 2. The average Bonchev–Trinajstić information content (AvgIpc) is 1.02. The molecule has 0 saturated carbocycles. The van der Waals surface area contributed by atoms with Gasteiger partial charge in [0.05, 0.1) is 93.3 Å². The van der Waals surface area contributed by atoms with Crippen LogP contribution in [0.4, 0.5) is 22.7 Å². The molecule has 4 saturated heterocycles. The van der Waals surface area contributed by atoms with Gasteiger partial charge in [-0.05, 0) is 97.8 Å². The smallest absolute Gasteiger partial charge is 0.250 e. The second-order valence-electron chi connectivity index (χ2n) is 22.8. The van der Waals surface area contributed by atoms with Crippen LogP contribution in [0.3, 0.4) is 0 Å². The van der Waals surface area contributed by atoms with Crippen LogP contribution in [0.5, 0.6) is 0 Å². The van der Waals surface area contributed by atoms with Crippen molar-refractivity contribution in [3.8, 4) is 22.5 Å². The molecule has 6 aliphatic rings. The molecule has 4 unspecified atom stereocenters. The van der Waals surface area contributed by atoms with Gasteiger partial charge in [-0.2, -0.15) is 0 Å². The van der Waals surface area contributed by atoms with E-state index in [1.165, 1.54) is 24.5 Å². The number of nitrogens with one attached hydrogen (secondary N) is 5. The third-order valence-corrected chi connectivity index (χ3v) is 21.5. The Morgan fingerprint density at radius 2 is 1.10 bits per heavy atom. The van der Waals surface area contributed by atoms with Gasteiger partial charge in [0.15, 0.2) is 0 Å². The summed E-state index contributed by atoms with van der Waals surface area (Å²) in [6.45, 7) is 16.9. The number of benzene rings is 4. The molecule has 14 rings (SSSR count). The first kappa shape index (κ1) is 64.2. The van der Waals surface area contributed by atoms with Crippen LogP contribution in [0.15, 0.2) is 182 Å². The number of β-amino-alcohol motifs (C(OH)–C–C–N with tert-alkyl or cyclic N) is 1. The number of pyridine rings is 4. The van der Waals surface area contributed by atoms with Gasteiger partial charge in [0.1, 0.15) is 6.29 Å². The summed E-state index contributed by atoms with van der Waals surface area (Å²) in [5.41, 5.74) is 11.6. The average molecular weight is 1300 g/mol. The van der Waals surface area contributed by atoms with E-state index in [9.17, 15) is 19.5 Å². The highest BCUT2D eigenvalue weighted by Crippen LogP contribution is 2.54. The number of nitrogens with zero attached hydrogens (tertiary/aromatic N) is 5. The number of aromatic nitrogens is 4. The van der Waals surface area contributed by atoms with E-state index in [0.717, 1.165) is 135 Å². The Morgan fingerprint density at radius 1 is 0.593 bits per heavy atom. The molecular formula is C69H76N10O8S4. The molecule has 22 heteroatoms. The number of hydrogen-bond acceptors (Lipinski definition) is 20. The number of aliphatic hydroxyl groups excluding tert-OH is 1. The molecule has 8 aromatic rings. The maximum atomic E-state index is 12.7. The van der Waals surface area contributed by atoms with Crippen molar-refractivity contribution in [1.82, 2.24) is 30.2 Å². The van der Waals surface area contributed by atoms with Crippen molar-refractivity contribution in [2.45, 2.75) is 90.6 Å². The van der Waals surface area contributed by atoms with Gasteiger partial charge in [0.2, 0.25) is 11.1 Å². The number of carbonyl (C=O) groups is 1. The van der Waals surface area contributed by atoms with Crippen molar-refractivity contribution < 1.29 is 28.8 Å². The molecule has 4 aromatic carbocycles. The minimum Gasteiger partial charge on any atom is -0.395 e. The molecule has 0 aliphatic carbocycles. The topological polar surface area (TPSA) is 212 Å². The van der Waals surface area contributed by atoms with Gasteiger partial charge in [0.25, 0.3) is 0 Å². The van der Waals surface area contributed by atoms with Gasteiger partial charge in [-0.25, -0.2) is 0 Å². The lowest BCUT2D eigenvalue weighted by atomic mass is 10.0. The molecule has 4 atom stereocenters. The number of morpholine rings is 4. The molecule has 6 aliphatic heterocycles. The van der Waals surface area contributed by atoms with Gasteiger partial charge in [-0.1, -0.05) is 90.4 Å². The zero-order chi connectivity index (χ0) is 62.6. The number of hydrogen-bond donors (Lipinski definition) is 6. The van der Waals surface area contributed by atoms with E-state index in [1.54, 1.807) is 59.2 Å². The highest BCUT2D eigenvalue weighted by atomic mass is 32.2. The largest absolute Gasteiger partial charge is 0.395 e. The van der Waals surface area contributed by atoms with E-state index in [1.807, 2.05) is 26.2 Å². The number of ether oxygens (including phenoxy) is 4. The molecule has 18 nitrogen and oxygen atoms in total. The summed E-state index contributed by atoms with van der Waals surface area (Å²) in [6.07, 6.45) is 5.19. The number of aldehydes is 1. The fourth-order valence-corrected chi connectivity index (χ4v) is 16.5. The van der Waals surface area contributed by atoms with Gasteiger partial charge < -0.3 is 64.6 Å². The van der Waals surface area contributed by atoms with Crippen LogP contribution in [0.2, 0.25) is 0 Å². The predicted octanol–water partition coefficient (Wildman–Crippen LogP) is 11.0. The fourth-order valence-electron chi connectivity index (χ4n) is 11.6. The zero-order valence-corrected chi connectivity index (χ0v) is 54.5. The first-order valence-electron chi connectivity index (χ1n) is 31.1. The van der Waals surface area contributed by atoms with Crippen molar-refractivity contribution in [3.63, 3.8) is 0 Å². The SMILES string of the molecule is CCC=O.Cc1ccc(C(Nc2ccc3c(c2)Sc2cccc(-c4cc(N5CCOCC5)cc(=O)[nH]4)c2S3)C2CN(CCO)CCO2)nc1.Cc1ccc(C(Nc2ccc3c(c2)Sc2cccc(-c4cc(N5CCOCC5)cc(=O)[nH]4)c2S3)C2CNCCO2)nc1. The molecule has 91 heavy (non-hydrogen) atoms. The molecule has 474 valence electrons. The van der Waals surface area contributed by atoms with Gasteiger partial charge in [-0.15, -0.1) is 0 Å². The third kappa shape index (κ3) is 15.9. The number of aromatic amines is 2. The van der Waals surface area contributed by atoms with E-state index in [-0.39, 0.29) is 42.0 Å². The van der Waals surface area contributed by atoms with Gasteiger partial charge in [-0.3, -0.25) is 24.5 Å². The summed E-state index contributed by atoms with van der Waals surface area (Å²) >= 11 is 7.00. The minimum atomic E-state index is -0.152. The van der Waals surface area contributed by atoms with Crippen LogP contribution in [-0.2, 0) is 23.7 Å². The lowest BCUT2D eigenvalue weighted by Gasteiger charge is -2.37. The normalized spacial score (nSPS) is 18.5. The Hall–Kier alpha value is -6.93. The molecule has 0 amide bonds. The molecule has 0 radical (unpaired) electrons. The zero-order valence-electron chi connectivity index (χ0n) is 51.3. The highest BCUT2D eigenvalue weighted by Gasteiger charge is 2.33. The van der Waals surface area contributed by atoms with Crippen LogP contribution in [0.25, 0.3) is 22.5 Å². The molecule has 4 aromatic heterocycles. The van der Waals surface area contributed by atoms with Crippen molar-refractivity contribution in [3.05, 3.63) is 177 Å². The number of aliphatic hydroxyl groups is 1. The standard InChI is InChI=1S/C34H37N5O4S2.C32H33N5O3S2.C3H6O/c1-22-5-7-26(35-20-22)33(28-21-38(9-13-40)10-16-43-28)36-23-6-8-29-31(17-23)44-30-4-2-3-25(34(30)45-29)27-18-24(19-32(41)37-27)39-11-14-42-15-12-39;1-20-5-7-24(34-18-20)31(26-19-33-9-12-40-26)35-21-6-8-27-29(15-21)41-28-4-2-3-23(32(28)42-27)25-16-22(17-30(38)36-25)37-10-13-39-14-11-37;1-2-3-4/h2-8,17-20,28,33,36,40H,9-16,21H2,1H3,(H,37,41);2-8,15-18,26,31,33,35H,9-14,19H2,1H3,(H,36,38);3H,2H2,1H3. The number of fused-ring (bicyclic) bond motifs is 4. The predicted molar refractivity (Wildman–Crippen MR) is 363 cm³/mol.